The fraction of sp³-hybridized carbons (Fsp3) is 0.188. The van der Waals surface area contributed by atoms with Gasteiger partial charge in [0.1, 0.15) is 0 Å². The zero-order chi connectivity index (χ0) is 14.5. The van der Waals surface area contributed by atoms with Gasteiger partial charge in [-0.05, 0) is 36.6 Å². The first-order chi connectivity index (χ1) is 9.59. The molecule has 0 heterocycles. The third-order valence-electron chi connectivity index (χ3n) is 3.21. The van der Waals surface area contributed by atoms with Gasteiger partial charge in [0.05, 0.1) is 16.3 Å². The van der Waals surface area contributed by atoms with E-state index >= 15 is 0 Å². The predicted molar refractivity (Wildman–Crippen MR) is 83.1 cm³/mol. The zero-order valence-corrected chi connectivity index (χ0v) is 12.1. The summed E-state index contributed by atoms with van der Waals surface area (Å²) in [6.07, 6.45) is 0.790. The summed E-state index contributed by atoms with van der Waals surface area (Å²) in [6, 6.07) is 13.2. The summed E-state index contributed by atoms with van der Waals surface area (Å²) in [7, 11) is 0. The molecule has 0 atom stereocenters. The Hall–Kier alpha value is -2.00. The van der Waals surface area contributed by atoms with E-state index in [0.717, 1.165) is 6.42 Å². The van der Waals surface area contributed by atoms with Gasteiger partial charge in [-0.15, -0.1) is 0 Å². The lowest BCUT2D eigenvalue weighted by molar-refractivity contribution is 0.0954. The molecule has 0 bridgehead atoms. The van der Waals surface area contributed by atoms with Crippen molar-refractivity contribution in [3.05, 3.63) is 64.2 Å². The molecule has 0 saturated heterocycles. The van der Waals surface area contributed by atoms with Crippen LogP contribution in [0.4, 0.5) is 5.69 Å². The molecular formula is C16H17ClN2O. The monoisotopic (exact) mass is 288 g/mol. The number of nitrogen functional groups attached to an aromatic ring is 1. The molecule has 0 saturated carbocycles. The largest absolute Gasteiger partial charge is 0.398 e. The number of rotatable bonds is 4. The Morgan fingerprint density at radius 3 is 2.70 bits per heavy atom. The summed E-state index contributed by atoms with van der Waals surface area (Å²) >= 11 is 6.02. The molecule has 0 radical (unpaired) electrons. The molecule has 3 nitrogen and oxygen atoms in total. The molecule has 0 unspecified atom stereocenters. The molecule has 2 rings (SSSR count). The predicted octanol–water partition coefficient (Wildman–Crippen LogP) is 3.20. The molecule has 2 aromatic carbocycles. The lowest BCUT2D eigenvalue weighted by atomic mass is 10.1. The fourth-order valence-corrected chi connectivity index (χ4v) is 2.23. The minimum Gasteiger partial charge on any atom is -0.398 e. The van der Waals surface area contributed by atoms with E-state index in [4.69, 9.17) is 17.3 Å². The summed E-state index contributed by atoms with van der Waals surface area (Å²) in [4.78, 5) is 12.0. The molecule has 0 aliphatic rings. The Morgan fingerprint density at radius 2 is 1.95 bits per heavy atom. The van der Waals surface area contributed by atoms with Crippen LogP contribution in [0.25, 0.3) is 0 Å². The van der Waals surface area contributed by atoms with Gasteiger partial charge in [0, 0.05) is 6.54 Å². The van der Waals surface area contributed by atoms with Crippen LogP contribution in [-0.4, -0.2) is 12.5 Å². The standard InChI is InChI=1S/C16H17ClN2O/c1-11-5-2-3-6-12(11)9-10-19-16(20)13-7-4-8-14(18)15(13)17/h2-8H,9-10,18H2,1H3,(H,19,20). The minimum atomic E-state index is -0.198. The molecule has 0 aromatic heterocycles. The Balaban J connectivity index is 1.96. The molecule has 0 spiro atoms. The molecular weight excluding hydrogens is 272 g/mol. The number of aryl methyl sites for hydroxylation is 1. The van der Waals surface area contributed by atoms with Crippen LogP contribution in [0.1, 0.15) is 21.5 Å². The van der Waals surface area contributed by atoms with Gasteiger partial charge in [0.25, 0.3) is 5.91 Å². The maximum atomic E-state index is 12.0. The Labute approximate surface area is 123 Å². The molecule has 0 aliphatic heterocycles. The van der Waals surface area contributed by atoms with Crippen LogP contribution in [0, 0.1) is 6.92 Å². The number of halogens is 1. The van der Waals surface area contributed by atoms with Crippen LogP contribution in [0.2, 0.25) is 5.02 Å². The van der Waals surface area contributed by atoms with Crippen LogP contribution in [-0.2, 0) is 6.42 Å². The van der Waals surface area contributed by atoms with Crippen molar-refractivity contribution in [2.45, 2.75) is 13.3 Å². The second-order valence-corrected chi connectivity index (χ2v) is 5.02. The minimum absolute atomic E-state index is 0.198. The van der Waals surface area contributed by atoms with Gasteiger partial charge < -0.3 is 11.1 Å². The van der Waals surface area contributed by atoms with Crippen molar-refractivity contribution in [1.82, 2.24) is 5.32 Å². The summed E-state index contributed by atoms with van der Waals surface area (Å²) in [6.45, 7) is 2.63. The number of nitrogens with two attached hydrogens (primary N) is 1. The van der Waals surface area contributed by atoms with Crippen LogP contribution in [0.15, 0.2) is 42.5 Å². The highest BCUT2D eigenvalue weighted by Crippen LogP contribution is 2.22. The number of amides is 1. The molecule has 4 heteroatoms. The van der Waals surface area contributed by atoms with Crippen molar-refractivity contribution in [3.8, 4) is 0 Å². The van der Waals surface area contributed by atoms with Gasteiger partial charge in [-0.25, -0.2) is 0 Å². The molecule has 1 amide bonds. The second-order valence-electron chi connectivity index (χ2n) is 4.64. The molecule has 2 aromatic rings. The highest BCUT2D eigenvalue weighted by atomic mass is 35.5. The first-order valence-corrected chi connectivity index (χ1v) is 6.84. The average Bonchev–Trinajstić information content (AvgIpc) is 2.44. The molecule has 20 heavy (non-hydrogen) atoms. The number of hydrogen-bond acceptors (Lipinski definition) is 2. The topological polar surface area (TPSA) is 55.1 Å². The van der Waals surface area contributed by atoms with E-state index in [9.17, 15) is 4.79 Å². The van der Waals surface area contributed by atoms with Crippen molar-refractivity contribution in [2.24, 2.45) is 0 Å². The van der Waals surface area contributed by atoms with Crippen molar-refractivity contribution < 1.29 is 4.79 Å². The number of carbonyl (C=O) groups is 1. The number of hydrogen-bond donors (Lipinski definition) is 2. The van der Waals surface area contributed by atoms with Crippen molar-refractivity contribution in [2.75, 3.05) is 12.3 Å². The Bertz CT molecular complexity index is 626. The maximum absolute atomic E-state index is 12.0. The highest BCUT2D eigenvalue weighted by Gasteiger charge is 2.11. The van der Waals surface area contributed by atoms with Crippen LogP contribution in [0.3, 0.4) is 0 Å². The second kappa shape index (κ2) is 6.44. The van der Waals surface area contributed by atoms with Crippen molar-refractivity contribution in [1.29, 1.82) is 0 Å². The van der Waals surface area contributed by atoms with Gasteiger partial charge in [0.2, 0.25) is 0 Å². The summed E-state index contributed by atoms with van der Waals surface area (Å²) in [5.74, 6) is -0.198. The average molecular weight is 289 g/mol. The number of anilines is 1. The summed E-state index contributed by atoms with van der Waals surface area (Å²) in [5.41, 5.74) is 8.97. The maximum Gasteiger partial charge on any atom is 0.252 e. The van der Waals surface area contributed by atoms with E-state index in [1.54, 1.807) is 18.2 Å². The first kappa shape index (κ1) is 14.4. The quantitative estimate of drug-likeness (QED) is 0.849. The highest BCUT2D eigenvalue weighted by molar-refractivity contribution is 6.36. The summed E-state index contributed by atoms with van der Waals surface area (Å²) in [5, 5.41) is 3.17. The molecule has 0 fully saturated rings. The van der Waals surface area contributed by atoms with Crippen LogP contribution in [0.5, 0.6) is 0 Å². The lowest BCUT2D eigenvalue weighted by Crippen LogP contribution is -2.26. The van der Waals surface area contributed by atoms with E-state index < -0.39 is 0 Å². The van der Waals surface area contributed by atoms with Crippen LogP contribution < -0.4 is 11.1 Å². The summed E-state index contributed by atoms with van der Waals surface area (Å²) < 4.78 is 0. The van der Waals surface area contributed by atoms with Gasteiger partial charge >= 0.3 is 0 Å². The number of nitrogens with one attached hydrogen (secondary N) is 1. The third-order valence-corrected chi connectivity index (χ3v) is 3.64. The van der Waals surface area contributed by atoms with Gasteiger partial charge in [-0.2, -0.15) is 0 Å². The van der Waals surface area contributed by atoms with E-state index in [1.807, 2.05) is 12.1 Å². The lowest BCUT2D eigenvalue weighted by Gasteiger charge is -2.09. The van der Waals surface area contributed by atoms with E-state index in [-0.39, 0.29) is 5.91 Å². The van der Waals surface area contributed by atoms with Crippen molar-refractivity contribution in [3.63, 3.8) is 0 Å². The van der Waals surface area contributed by atoms with Gasteiger partial charge in [-0.3, -0.25) is 4.79 Å². The SMILES string of the molecule is Cc1ccccc1CCNC(=O)c1cccc(N)c1Cl. The fourth-order valence-electron chi connectivity index (χ4n) is 2.02. The molecule has 3 N–H and O–H groups in total. The first-order valence-electron chi connectivity index (χ1n) is 6.46. The third kappa shape index (κ3) is 3.31. The Kier molecular flexibility index (Phi) is 4.64. The smallest absolute Gasteiger partial charge is 0.252 e. The number of carbonyl (C=O) groups excluding carboxylic acids is 1. The van der Waals surface area contributed by atoms with E-state index in [2.05, 4.69) is 24.4 Å². The van der Waals surface area contributed by atoms with Crippen LogP contribution >= 0.6 is 11.6 Å². The van der Waals surface area contributed by atoms with E-state index in [0.29, 0.717) is 22.8 Å². The van der Waals surface area contributed by atoms with Crippen molar-refractivity contribution >= 4 is 23.2 Å². The zero-order valence-electron chi connectivity index (χ0n) is 11.3. The van der Waals surface area contributed by atoms with Gasteiger partial charge in [-0.1, -0.05) is 41.9 Å². The molecule has 0 aliphatic carbocycles. The number of benzene rings is 2. The normalized spacial score (nSPS) is 10.3. The molecule has 104 valence electrons. The van der Waals surface area contributed by atoms with Gasteiger partial charge in [0.15, 0.2) is 0 Å². The Morgan fingerprint density at radius 1 is 1.20 bits per heavy atom. The van der Waals surface area contributed by atoms with E-state index in [1.165, 1.54) is 11.1 Å².